The molecule has 1 heterocycles. The number of rotatable bonds is 5. The zero-order chi connectivity index (χ0) is 25.3. The second kappa shape index (κ2) is 9.27. The molecule has 1 aliphatic rings. The fourth-order valence-electron chi connectivity index (χ4n) is 3.37. The van der Waals surface area contributed by atoms with E-state index in [1.807, 2.05) is 6.92 Å². The molecule has 0 saturated heterocycles. The average Bonchev–Trinajstić information content (AvgIpc) is 3.03. The van der Waals surface area contributed by atoms with E-state index in [-0.39, 0.29) is 22.0 Å². The molecule has 2 N–H and O–H groups in total. The average molecular weight is 500 g/mol. The number of amides is 3. The van der Waals surface area contributed by atoms with Crippen LogP contribution in [0, 0.1) is 6.92 Å². The molecule has 10 heteroatoms. The van der Waals surface area contributed by atoms with Gasteiger partial charge in [0.05, 0.1) is 11.3 Å². The molecule has 0 fully saturated rings. The van der Waals surface area contributed by atoms with Crippen molar-refractivity contribution >= 4 is 46.4 Å². The van der Waals surface area contributed by atoms with Crippen molar-refractivity contribution in [2.45, 2.75) is 13.1 Å². The first-order valence-corrected chi connectivity index (χ1v) is 10.6. The minimum atomic E-state index is -4.53. The zero-order valence-corrected chi connectivity index (χ0v) is 18.9. The lowest BCUT2D eigenvalue weighted by atomic mass is 10.1. The minimum absolute atomic E-state index is 0.00442. The maximum Gasteiger partial charge on any atom is 0.416 e. The Morgan fingerprint density at radius 2 is 1.54 bits per heavy atom. The number of halogens is 4. The Hall–Kier alpha value is -4.11. The molecule has 0 radical (unpaired) electrons. The SMILES string of the molecule is Cc1ccc(N2C(=O)C(Cl)=C(Nc3ccc(C(=O)Nc4cccc(C(F)(F)F)c4)cc3)C2=O)cc1. The van der Waals surface area contributed by atoms with E-state index in [4.69, 9.17) is 11.6 Å². The van der Waals surface area contributed by atoms with Crippen LogP contribution in [0.2, 0.25) is 0 Å². The molecule has 4 rings (SSSR count). The van der Waals surface area contributed by atoms with Crippen LogP contribution in [0.15, 0.2) is 83.5 Å². The molecule has 3 aromatic carbocycles. The van der Waals surface area contributed by atoms with E-state index >= 15 is 0 Å². The standard InChI is InChI=1S/C25H17ClF3N3O3/c1-14-5-11-19(12-6-14)32-23(34)20(26)21(24(32)35)30-17-9-7-15(8-10-17)22(33)31-18-4-2-3-16(13-18)25(27,28)29/h2-13,30H,1H3,(H,31,33). The number of anilines is 3. The van der Waals surface area contributed by atoms with Crippen molar-refractivity contribution in [2.24, 2.45) is 0 Å². The van der Waals surface area contributed by atoms with Crippen molar-refractivity contribution in [3.8, 4) is 0 Å². The fourth-order valence-corrected chi connectivity index (χ4v) is 3.58. The minimum Gasteiger partial charge on any atom is -0.350 e. The third-order valence-electron chi connectivity index (χ3n) is 5.18. The second-order valence-electron chi connectivity index (χ2n) is 7.71. The summed E-state index contributed by atoms with van der Waals surface area (Å²) in [6, 6.07) is 16.9. The number of hydrogen-bond acceptors (Lipinski definition) is 4. The molecular formula is C25H17ClF3N3O3. The molecule has 1 aliphatic heterocycles. The monoisotopic (exact) mass is 499 g/mol. The Morgan fingerprint density at radius 3 is 2.17 bits per heavy atom. The Kier molecular flexibility index (Phi) is 6.36. The lowest BCUT2D eigenvalue weighted by Gasteiger charge is -2.15. The van der Waals surface area contributed by atoms with Gasteiger partial charge in [-0.2, -0.15) is 13.2 Å². The highest BCUT2D eigenvalue weighted by Gasteiger charge is 2.39. The number of imide groups is 1. The lowest BCUT2D eigenvalue weighted by molar-refractivity contribution is -0.137. The number of hydrogen-bond donors (Lipinski definition) is 2. The first-order valence-electron chi connectivity index (χ1n) is 10.3. The van der Waals surface area contributed by atoms with Gasteiger partial charge in [0.25, 0.3) is 17.7 Å². The summed E-state index contributed by atoms with van der Waals surface area (Å²) in [5, 5.41) is 4.94. The van der Waals surface area contributed by atoms with E-state index < -0.39 is 29.5 Å². The van der Waals surface area contributed by atoms with Gasteiger partial charge in [-0.15, -0.1) is 0 Å². The fraction of sp³-hybridized carbons (Fsp3) is 0.0800. The van der Waals surface area contributed by atoms with Crippen LogP contribution < -0.4 is 15.5 Å². The normalized spacial score (nSPS) is 13.9. The van der Waals surface area contributed by atoms with Gasteiger partial charge in [0.15, 0.2) is 0 Å². The van der Waals surface area contributed by atoms with Gasteiger partial charge in [0.2, 0.25) is 0 Å². The molecule has 0 aliphatic carbocycles. The first kappa shape index (κ1) is 24.0. The van der Waals surface area contributed by atoms with Gasteiger partial charge in [0.1, 0.15) is 10.7 Å². The predicted octanol–water partition coefficient (Wildman–Crippen LogP) is 5.70. The van der Waals surface area contributed by atoms with E-state index in [2.05, 4.69) is 10.6 Å². The third-order valence-corrected chi connectivity index (χ3v) is 5.53. The maximum absolute atomic E-state index is 12.9. The molecule has 0 saturated carbocycles. The molecule has 0 aromatic heterocycles. The summed E-state index contributed by atoms with van der Waals surface area (Å²) < 4.78 is 38.6. The first-order chi connectivity index (χ1) is 16.5. The Balaban J connectivity index is 1.46. The number of carbonyl (C=O) groups excluding carboxylic acids is 3. The van der Waals surface area contributed by atoms with E-state index in [9.17, 15) is 27.6 Å². The highest BCUT2D eigenvalue weighted by molar-refractivity contribution is 6.53. The van der Waals surface area contributed by atoms with Crippen LogP contribution in [0.3, 0.4) is 0 Å². The van der Waals surface area contributed by atoms with Gasteiger partial charge >= 0.3 is 6.18 Å². The van der Waals surface area contributed by atoms with Crippen molar-refractivity contribution in [1.82, 2.24) is 0 Å². The smallest absolute Gasteiger partial charge is 0.350 e. The molecule has 178 valence electrons. The number of aryl methyl sites for hydroxylation is 1. The Labute approximate surface area is 203 Å². The molecule has 0 bridgehead atoms. The quantitative estimate of drug-likeness (QED) is 0.441. The number of benzene rings is 3. The van der Waals surface area contributed by atoms with Gasteiger partial charge in [-0.1, -0.05) is 35.4 Å². The van der Waals surface area contributed by atoms with E-state index in [1.165, 1.54) is 36.4 Å². The largest absolute Gasteiger partial charge is 0.416 e. The highest BCUT2D eigenvalue weighted by atomic mass is 35.5. The summed E-state index contributed by atoms with van der Waals surface area (Å²) in [6.07, 6.45) is -4.53. The van der Waals surface area contributed by atoms with Gasteiger partial charge in [0, 0.05) is 16.9 Å². The van der Waals surface area contributed by atoms with Crippen molar-refractivity contribution in [3.63, 3.8) is 0 Å². The summed E-state index contributed by atoms with van der Waals surface area (Å²) in [6.45, 7) is 1.87. The van der Waals surface area contributed by atoms with E-state index in [0.29, 0.717) is 11.4 Å². The van der Waals surface area contributed by atoms with Crippen molar-refractivity contribution in [1.29, 1.82) is 0 Å². The maximum atomic E-state index is 12.9. The summed E-state index contributed by atoms with van der Waals surface area (Å²) in [5.41, 5.74) is 0.887. The van der Waals surface area contributed by atoms with Crippen LogP contribution >= 0.6 is 11.6 Å². The molecule has 35 heavy (non-hydrogen) atoms. The van der Waals surface area contributed by atoms with Gasteiger partial charge in [-0.25, -0.2) is 4.90 Å². The molecule has 0 atom stereocenters. The zero-order valence-electron chi connectivity index (χ0n) is 18.1. The lowest BCUT2D eigenvalue weighted by Crippen LogP contribution is -2.32. The van der Waals surface area contributed by atoms with Crippen LogP contribution in [0.5, 0.6) is 0 Å². The number of nitrogens with zero attached hydrogens (tertiary/aromatic N) is 1. The highest BCUT2D eigenvalue weighted by Crippen LogP contribution is 2.32. The number of alkyl halides is 3. The van der Waals surface area contributed by atoms with Crippen LogP contribution in [-0.4, -0.2) is 17.7 Å². The summed E-state index contributed by atoms with van der Waals surface area (Å²) >= 11 is 6.13. The molecule has 0 unspecified atom stereocenters. The van der Waals surface area contributed by atoms with Crippen molar-refractivity contribution in [3.05, 3.63) is 100 Å². The predicted molar refractivity (Wildman–Crippen MR) is 126 cm³/mol. The topological polar surface area (TPSA) is 78.5 Å². The second-order valence-corrected chi connectivity index (χ2v) is 8.08. The molecule has 3 aromatic rings. The van der Waals surface area contributed by atoms with Crippen LogP contribution in [0.25, 0.3) is 0 Å². The molecule has 0 spiro atoms. The van der Waals surface area contributed by atoms with Crippen LogP contribution in [-0.2, 0) is 15.8 Å². The van der Waals surface area contributed by atoms with Gasteiger partial charge < -0.3 is 10.6 Å². The van der Waals surface area contributed by atoms with Crippen LogP contribution in [0.4, 0.5) is 30.2 Å². The van der Waals surface area contributed by atoms with Gasteiger partial charge in [-0.3, -0.25) is 14.4 Å². The van der Waals surface area contributed by atoms with E-state index in [0.717, 1.165) is 22.6 Å². The van der Waals surface area contributed by atoms with Crippen molar-refractivity contribution in [2.75, 3.05) is 15.5 Å². The number of carbonyl (C=O) groups is 3. The summed E-state index contributed by atoms with van der Waals surface area (Å²) in [5.74, 6) is -1.92. The van der Waals surface area contributed by atoms with Gasteiger partial charge in [-0.05, 0) is 61.5 Å². The third kappa shape index (κ3) is 5.04. The molecular weight excluding hydrogens is 483 g/mol. The van der Waals surface area contributed by atoms with Crippen LogP contribution in [0.1, 0.15) is 21.5 Å². The number of nitrogens with one attached hydrogen (secondary N) is 2. The van der Waals surface area contributed by atoms with Crippen molar-refractivity contribution < 1.29 is 27.6 Å². The summed E-state index contributed by atoms with van der Waals surface area (Å²) in [4.78, 5) is 38.8. The Bertz CT molecular complexity index is 1350. The molecule has 3 amide bonds. The van der Waals surface area contributed by atoms with E-state index in [1.54, 1.807) is 24.3 Å². The Morgan fingerprint density at radius 1 is 0.886 bits per heavy atom. The summed E-state index contributed by atoms with van der Waals surface area (Å²) in [7, 11) is 0. The molecule has 6 nitrogen and oxygen atoms in total.